The third-order valence-electron chi connectivity index (χ3n) is 16.0. The van der Waals surface area contributed by atoms with Crippen molar-refractivity contribution in [1.82, 2.24) is 41.0 Å². The van der Waals surface area contributed by atoms with E-state index < -0.39 is 114 Å². The van der Waals surface area contributed by atoms with Crippen molar-refractivity contribution >= 4 is 70.5 Å². The summed E-state index contributed by atoms with van der Waals surface area (Å²) in [5.41, 5.74) is 18.4. The fourth-order valence-electron chi connectivity index (χ4n) is 10.9. The van der Waals surface area contributed by atoms with Crippen LogP contribution < -0.4 is 43.8 Å². The summed E-state index contributed by atoms with van der Waals surface area (Å²) in [7, 11) is 6.00. The lowest BCUT2D eigenvalue weighted by Gasteiger charge is -2.41. The number of nitrogens with one attached hydrogen (secondary N) is 5. The van der Waals surface area contributed by atoms with E-state index in [2.05, 4.69) is 31.6 Å². The lowest BCUT2D eigenvalue weighted by Crippen LogP contribution is -2.60. The third-order valence-corrected chi connectivity index (χ3v) is 16.9. The molecule has 0 saturated carbocycles. The van der Waals surface area contributed by atoms with Crippen LogP contribution >= 0.6 is 11.3 Å². The minimum atomic E-state index is -1.64. The predicted molar refractivity (Wildman–Crippen MR) is 327 cm³/mol. The lowest BCUT2D eigenvalue weighted by atomic mass is 9.89. The standard InChI is InChI=1S/C61H94N12O12S/c1-14-37(8)50(45(83-12)33-46(74)73-30-19-23-44(73)51(84-13)38(9)54(76)69-43(58-65-29-31-86-58)32-39-20-16-15-17-21-39)71(10)59(80)48(35(4)5)70-57(79)49(36(6)7)72(11)61(82)85-52(53(63)75)40-24-26-41(27-25-40)67-55(77)42(22-18-28-66-60(64)81)68-56(78)47(62)34(2)3/h15-17,20-21,24-27,29,31,34-38,42-45,47-52H,14,18-19,22-23,28,30,32-33,62H2,1-13H3,(H2,63,75)(H,67,77)(H,68,78)(H,69,76)(H,70,79)(H3,64,66,81)/t37-,38+,42-,43?,44-,45+,47-,48-,49-,50-,51+,52?/m0/s1. The number of anilines is 1. The van der Waals surface area contributed by atoms with E-state index in [0.29, 0.717) is 38.6 Å². The number of amides is 10. The van der Waals surface area contributed by atoms with E-state index in [1.165, 1.54) is 54.7 Å². The summed E-state index contributed by atoms with van der Waals surface area (Å²) in [5.74, 6) is -5.81. The molecule has 2 unspecified atom stereocenters. The number of rotatable bonds is 33. The number of hydrogen-bond acceptors (Lipinski definition) is 15. The molecule has 3 aromatic rings. The first kappa shape index (κ1) is 71.3. The van der Waals surface area contributed by atoms with E-state index in [1.54, 1.807) is 73.7 Å². The molecule has 0 radical (unpaired) electrons. The largest absolute Gasteiger partial charge is 0.431 e. The first-order chi connectivity index (χ1) is 40.7. The second-order valence-corrected chi connectivity index (χ2v) is 24.2. The molecule has 2 heterocycles. The smallest absolute Gasteiger partial charge is 0.411 e. The number of nitrogens with zero attached hydrogens (tertiary/aromatic N) is 4. The molecule has 1 fully saturated rings. The Morgan fingerprint density at radius 2 is 1.45 bits per heavy atom. The number of likely N-dealkylation sites (N-methyl/N-ethyl adjacent to an activating group) is 2. The minimum absolute atomic E-state index is 0.0934. The van der Waals surface area contributed by atoms with Gasteiger partial charge in [0.25, 0.3) is 5.91 Å². The van der Waals surface area contributed by atoms with E-state index in [0.717, 1.165) is 15.5 Å². The Bertz CT molecular complexity index is 2700. The van der Waals surface area contributed by atoms with Gasteiger partial charge in [-0.1, -0.05) is 111 Å². The number of nitrogens with two attached hydrogens (primary N) is 3. The Balaban J connectivity index is 1.47. The molecule has 2 aromatic carbocycles. The highest BCUT2D eigenvalue weighted by molar-refractivity contribution is 7.09. The summed E-state index contributed by atoms with van der Waals surface area (Å²) < 4.78 is 17.8. The molecule has 4 rings (SSSR count). The summed E-state index contributed by atoms with van der Waals surface area (Å²) in [6.45, 7) is 16.8. The number of carbonyl (C=O) groups is 9. The van der Waals surface area contributed by atoms with E-state index in [-0.39, 0.29) is 60.3 Å². The summed E-state index contributed by atoms with van der Waals surface area (Å²) in [4.78, 5) is 131. The van der Waals surface area contributed by atoms with Crippen molar-refractivity contribution < 1.29 is 57.4 Å². The number of ether oxygens (including phenoxy) is 3. The molecular formula is C61H94N12O12S. The van der Waals surface area contributed by atoms with Crippen LogP contribution in [0.5, 0.6) is 0 Å². The molecule has 0 aliphatic carbocycles. The average molecular weight is 1220 g/mol. The van der Waals surface area contributed by atoms with E-state index in [9.17, 15) is 43.2 Å². The SMILES string of the molecule is CC[C@H](C)[C@@H]([C@@H](CC(=O)N1CCC[C@H]1[C@H](OC)[C@@H](C)C(=O)NC(Cc1ccccc1)c1nccs1)OC)N(C)C(=O)[C@@H](NC(=O)[C@H](C(C)C)N(C)C(=O)OC(C(N)=O)c1ccc(NC(=O)[C@H](CCCNC(N)=O)NC(=O)[C@@H](N)C(C)C)cc1)C(C)C. The molecule has 1 aliphatic heterocycles. The van der Waals surface area contributed by atoms with Crippen molar-refractivity contribution in [2.45, 2.75) is 168 Å². The molecule has 476 valence electrons. The summed E-state index contributed by atoms with van der Waals surface area (Å²) in [5, 5.41) is 16.6. The number of carbonyl (C=O) groups excluding carboxylic acids is 9. The summed E-state index contributed by atoms with van der Waals surface area (Å²) in [6, 6.07) is 9.12. The monoisotopic (exact) mass is 1220 g/mol. The molecule has 25 heteroatoms. The Kier molecular flexibility index (Phi) is 28.3. The Morgan fingerprint density at radius 3 is 2.00 bits per heavy atom. The quantitative estimate of drug-likeness (QED) is 0.0381. The van der Waals surface area contributed by atoms with Gasteiger partial charge < -0.3 is 67.8 Å². The number of primary amides is 2. The van der Waals surface area contributed by atoms with Gasteiger partial charge in [-0.25, -0.2) is 14.6 Å². The molecule has 1 aromatic heterocycles. The lowest BCUT2D eigenvalue weighted by molar-refractivity contribution is -0.148. The second kappa shape index (κ2) is 34.2. The van der Waals surface area contributed by atoms with Gasteiger partial charge >= 0.3 is 12.1 Å². The van der Waals surface area contributed by atoms with Gasteiger partial charge in [-0.3, -0.25) is 38.5 Å². The van der Waals surface area contributed by atoms with Gasteiger partial charge in [0.15, 0.2) is 0 Å². The zero-order valence-corrected chi connectivity index (χ0v) is 53.0. The predicted octanol–water partition coefficient (Wildman–Crippen LogP) is 4.78. The number of urea groups is 1. The minimum Gasteiger partial charge on any atom is -0.431 e. The molecule has 24 nitrogen and oxygen atoms in total. The topological polar surface area (TPSA) is 342 Å². The van der Waals surface area contributed by atoms with Crippen LogP contribution in [-0.2, 0) is 54.2 Å². The van der Waals surface area contributed by atoms with Crippen LogP contribution in [0.2, 0.25) is 0 Å². The highest BCUT2D eigenvalue weighted by Crippen LogP contribution is 2.31. The Hall–Kier alpha value is -7.22. The third kappa shape index (κ3) is 19.9. The van der Waals surface area contributed by atoms with Crippen LogP contribution in [-0.4, -0.2) is 163 Å². The molecule has 86 heavy (non-hydrogen) atoms. The van der Waals surface area contributed by atoms with Crippen LogP contribution in [0.25, 0.3) is 0 Å². The second-order valence-electron chi connectivity index (χ2n) is 23.3. The van der Waals surface area contributed by atoms with Gasteiger partial charge in [-0.15, -0.1) is 11.3 Å². The number of methoxy groups -OCH3 is 2. The van der Waals surface area contributed by atoms with Crippen LogP contribution in [0.15, 0.2) is 66.2 Å². The maximum absolute atomic E-state index is 14.9. The molecule has 10 amide bonds. The number of thiazole rings is 1. The highest BCUT2D eigenvalue weighted by atomic mass is 32.1. The first-order valence-corrected chi connectivity index (χ1v) is 30.4. The van der Waals surface area contributed by atoms with Gasteiger partial charge in [0, 0.05) is 64.2 Å². The summed E-state index contributed by atoms with van der Waals surface area (Å²) >= 11 is 1.46. The Labute approximate surface area is 510 Å². The number of likely N-dealkylation sites (tertiary alicyclic amines) is 1. The van der Waals surface area contributed by atoms with Gasteiger partial charge in [0.1, 0.15) is 23.1 Å². The van der Waals surface area contributed by atoms with E-state index in [4.69, 9.17) is 31.4 Å². The molecule has 1 aliphatic rings. The van der Waals surface area contributed by atoms with E-state index >= 15 is 0 Å². The normalized spacial score (nSPS) is 17.1. The zero-order chi connectivity index (χ0) is 64.1. The molecule has 1 saturated heterocycles. The van der Waals surface area contributed by atoms with Gasteiger partial charge in [0.2, 0.25) is 41.5 Å². The highest BCUT2D eigenvalue weighted by Gasteiger charge is 2.44. The molecule has 0 spiro atoms. The molecule has 11 N–H and O–H groups in total. The molecular weight excluding hydrogens is 1120 g/mol. The van der Waals surface area contributed by atoms with Crippen molar-refractivity contribution in [3.8, 4) is 0 Å². The van der Waals surface area contributed by atoms with Crippen molar-refractivity contribution in [3.05, 3.63) is 82.3 Å². The molecule has 12 atom stereocenters. The van der Waals surface area contributed by atoms with Crippen LogP contribution in [0.3, 0.4) is 0 Å². The van der Waals surface area contributed by atoms with E-state index in [1.807, 2.05) is 49.6 Å². The maximum Gasteiger partial charge on any atom is 0.411 e. The average Bonchev–Trinajstić information content (AvgIpc) is 3.63. The van der Waals surface area contributed by atoms with Gasteiger partial charge in [0.05, 0.1) is 48.7 Å². The first-order valence-electron chi connectivity index (χ1n) is 29.6. The van der Waals surface area contributed by atoms with Gasteiger partial charge in [-0.05, 0) is 73.5 Å². The Morgan fingerprint density at radius 1 is 0.791 bits per heavy atom. The van der Waals surface area contributed by atoms with Crippen LogP contribution in [0.1, 0.15) is 129 Å². The van der Waals surface area contributed by atoms with Crippen molar-refractivity contribution in [3.63, 3.8) is 0 Å². The van der Waals surface area contributed by atoms with Crippen LogP contribution in [0, 0.1) is 29.6 Å². The fraction of sp³-hybridized carbons (Fsp3) is 0.607. The van der Waals surface area contributed by atoms with Crippen LogP contribution in [0.4, 0.5) is 15.3 Å². The number of benzene rings is 2. The maximum atomic E-state index is 14.9. The van der Waals surface area contributed by atoms with Crippen molar-refractivity contribution in [2.24, 2.45) is 46.8 Å². The zero-order valence-electron chi connectivity index (χ0n) is 52.2. The van der Waals surface area contributed by atoms with Crippen molar-refractivity contribution in [1.29, 1.82) is 0 Å². The fourth-order valence-corrected chi connectivity index (χ4v) is 11.6. The summed E-state index contributed by atoms with van der Waals surface area (Å²) in [6.07, 6.45) is 0.338. The molecule has 0 bridgehead atoms. The van der Waals surface area contributed by atoms with Crippen molar-refractivity contribution in [2.75, 3.05) is 46.7 Å². The number of hydrogen-bond donors (Lipinski definition) is 8. The van der Waals surface area contributed by atoms with Gasteiger partial charge in [-0.2, -0.15) is 0 Å². The number of aromatic nitrogens is 1.